The second-order valence-electron chi connectivity index (χ2n) is 2.50. The molecule has 0 saturated carbocycles. The fourth-order valence-electron chi connectivity index (χ4n) is 0.986. The van der Waals surface area contributed by atoms with Crippen LogP contribution in [0.15, 0.2) is 12.5 Å². The third-order valence-electron chi connectivity index (χ3n) is 1.59. The summed E-state index contributed by atoms with van der Waals surface area (Å²) in [6.07, 6.45) is 2.88. The number of imidazole rings is 1. The van der Waals surface area contributed by atoms with E-state index in [2.05, 4.69) is 10.3 Å². The van der Waals surface area contributed by atoms with Crippen LogP contribution in [0.4, 0.5) is 0 Å². The molecular formula is C7H13N3O. The summed E-state index contributed by atoms with van der Waals surface area (Å²) < 4.78 is 1.81. The van der Waals surface area contributed by atoms with Crippen LogP contribution in [0.1, 0.15) is 11.8 Å². The number of aromatic nitrogens is 2. The molecule has 1 atom stereocenters. The van der Waals surface area contributed by atoms with E-state index in [9.17, 15) is 5.11 Å². The minimum absolute atomic E-state index is 0.465. The molecule has 0 fully saturated rings. The molecule has 0 radical (unpaired) electrons. The van der Waals surface area contributed by atoms with Gasteiger partial charge in [0.1, 0.15) is 6.10 Å². The number of hydrogen-bond donors (Lipinski definition) is 2. The van der Waals surface area contributed by atoms with Gasteiger partial charge in [0, 0.05) is 13.6 Å². The Morgan fingerprint density at radius 2 is 2.55 bits per heavy atom. The molecule has 1 aromatic heterocycles. The summed E-state index contributed by atoms with van der Waals surface area (Å²) in [5.41, 5.74) is 0.833. The van der Waals surface area contributed by atoms with Crippen molar-refractivity contribution in [3.05, 3.63) is 18.2 Å². The second-order valence-corrected chi connectivity index (χ2v) is 2.50. The summed E-state index contributed by atoms with van der Waals surface area (Å²) in [5.74, 6) is 0. The van der Waals surface area contributed by atoms with Gasteiger partial charge in [-0.25, -0.2) is 4.98 Å². The van der Waals surface area contributed by atoms with E-state index in [1.165, 1.54) is 0 Å². The fraction of sp³-hybridized carbons (Fsp3) is 0.571. The first-order valence-corrected chi connectivity index (χ1v) is 3.54. The molecule has 4 heteroatoms. The van der Waals surface area contributed by atoms with Gasteiger partial charge in [-0.05, 0) is 7.05 Å². The molecule has 0 amide bonds. The van der Waals surface area contributed by atoms with Gasteiger partial charge in [0.05, 0.1) is 18.2 Å². The first kappa shape index (κ1) is 8.23. The standard InChI is InChI=1S/C7H13N3O/c1-8-4-7(11)6-3-9-5-10(6)2/h3,5,7-8,11H,4H2,1-2H3. The van der Waals surface area contributed by atoms with E-state index < -0.39 is 6.10 Å². The molecule has 62 valence electrons. The lowest BCUT2D eigenvalue weighted by Gasteiger charge is -2.09. The van der Waals surface area contributed by atoms with Gasteiger partial charge < -0.3 is 15.0 Å². The Balaban J connectivity index is 2.67. The molecule has 1 unspecified atom stereocenters. The van der Waals surface area contributed by atoms with Crippen molar-refractivity contribution in [2.45, 2.75) is 6.10 Å². The number of likely N-dealkylation sites (N-methyl/N-ethyl adjacent to an activating group) is 1. The van der Waals surface area contributed by atoms with E-state index in [-0.39, 0.29) is 0 Å². The number of aliphatic hydroxyl groups is 1. The minimum atomic E-state index is -0.465. The number of aliphatic hydroxyl groups excluding tert-OH is 1. The molecule has 1 aromatic rings. The van der Waals surface area contributed by atoms with Gasteiger partial charge in [0.25, 0.3) is 0 Å². The number of nitrogens with one attached hydrogen (secondary N) is 1. The normalized spacial score (nSPS) is 13.4. The highest BCUT2D eigenvalue weighted by Gasteiger charge is 2.08. The van der Waals surface area contributed by atoms with Crippen LogP contribution >= 0.6 is 0 Å². The van der Waals surface area contributed by atoms with Crippen LogP contribution in [0.5, 0.6) is 0 Å². The van der Waals surface area contributed by atoms with E-state index in [0.29, 0.717) is 6.54 Å². The van der Waals surface area contributed by atoms with Crippen LogP contribution in [-0.4, -0.2) is 28.3 Å². The average molecular weight is 155 g/mol. The maximum Gasteiger partial charge on any atom is 0.108 e. The molecule has 0 aliphatic rings. The maximum atomic E-state index is 9.47. The number of hydrogen-bond acceptors (Lipinski definition) is 3. The number of nitrogens with zero attached hydrogens (tertiary/aromatic N) is 2. The highest BCUT2D eigenvalue weighted by Crippen LogP contribution is 2.08. The Kier molecular flexibility index (Phi) is 2.62. The Morgan fingerprint density at radius 3 is 3.00 bits per heavy atom. The Bertz CT molecular complexity index is 221. The molecule has 1 rings (SSSR count). The van der Waals surface area contributed by atoms with Crippen LogP contribution in [0.2, 0.25) is 0 Å². The van der Waals surface area contributed by atoms with Crippen LogP contribution < -0.4 is 5.32 Å². The first-order chi connectivity index (χ1) is 5.25. The summed E-state index contributed by atoms with van der Waals surface area (Å²) in [4.78, 5) is 3.90. The van der Waals surface area contributed by atoms with Gasteiger partial charge in [0.2, 0.25) is 0 Å². The van der Waals surface area contributed by atoms with Crippen molar-refractivity contribution in [2.75, 3.05) is 13.6 Å². The van der Waals surface area contributed by atoms with Crippen molar-refractivity contribution < 1.29 is 5.11 Å². The quantitative estimate of drug-likeness (QED) is 0.628. The topological polar surface area (TPSA) is 50.1 Å². The Hall–Kier alpha value is -0.870. The molecule has 11 heavy (non-hydrogen) atoms. The molecule has 0 saturated heterocycles. The molecule has 0 spiro atoms. The third-order valence-corrected chi connectivity index (χ3v) is 1.59. The zero-order valence-corrected chi connectivity index (χ0v) is 6.78. The molecule has 0 aliphatic carbocycles. The SMILES string of the molecule is CNCC(O)c1cncn1C. The summed E-state index contributed by atoms with van der Waals surface area (Å²) in [5, 5.41) is 12.4. The maximum absolute atomic E-state index is 9.47. The molecule has 2 N–H and O–H groups in total. The van der Waals surface area contributed by atoms with Crippen LogP contribution in [0.3, 0.4) is 0 Å². The van der Waals surface area contributed by atoms with Gasteiger partial charge in [-0.2, -0.15) is 0 Å². The van der Waals surface area contributed by atoms with Crippen molar-refractivity contribution >= 4 is 0 Å². The van der Waals surface area contributed by atoms with Crippen molar-refractivity contribution in [2.24, 2.45) is 7.05 Å². The van der Waals surface area contributed by atoms with Crippen molar-refractivity contribution in [1.29, 1.82) is 0 Å². The van der Waals surface area contributed by atoms with Gasteiger partial charge in [-0.1, -0.05) is 0 Å². The zero-order chi connectivity index (χ0) is 8.27. The van der Waals surface area contributed by atoms with Gasteiger partial charge in [0.15, 0.2) is 0 Å². The highest BCUT2D eigenvalue weighted by molar-refractivity contribution is 5.02. The van der Waals surface area contributed by atoms with E-state index in [1.54, 1.807) is 19.6 Å². The van der Waals surface area contributed by atoms with Crippen molar-refractivity contribution in [1.82, 2.24) is 14.9 Å². The number of aryl methyl sites for hydroxylation is 1. The van der Waals surface area contributed by atoms with E-state index in [1.807, 2.05) is 11.6 Å². The third kappa shape index (κ3) is 1.78. The lowest BCUT2D eigenvalue weighted by molar-refractivity contribution is 0.169. The fourth-order valence-corrected chi connectivity index (χ4v) is 0.986. The summed E-state index contributed by atoms with van der Waals surface area (Å²) in [6.45, 7) is 0.555. The van der Waals surface area contributed by atoms with Crippen LogP contribution in [0, 0.1) is 0 Å². The molecule has 1 heterocycles. The van der Waals surface area contributed by atoms with Crippen molar-refractivity contribution in [3.63, 3.8) is 0 Å². The molecular weight excluding hydrogens is 142 g/mol. The molecule has 0 aromatic carbocycles. The second kappa shape index (κ2) is 3.50. The summed E-state index contributed by atoms with van der Waals surface area (Å²) in [7, 11) is 3.67. The molecule has 0 aliphatic heterocycles. The predicted molar refractivity (Wildman–Crippen MR) is 42.1 cm³/mol. The van der Waals surface area contributed by atoms with Gasteiger partial charge >= 0.3 is 0 Å². The van der Waals surface area contributed by atoms with E-state index in [0.717, 1.165) is 5.69 Å². The Morgan fingerprint density at radius 1 is 1.82 bits per heavy atom. The monoisotopic (exact) mass is 155 g/mol. The summed E-state index contributed by atoms with van der Waals surface area (Å²) in [6, 6.07) is 0. The minimum Gasteiger partial charge on any atom is -0.385 e. The zero-order valence-electron chi connectivity index (χ0n) is 6.78. The lowest BCUT2D eigenvalue weighted by atomic mass is 10.3. The van der Waals surface area contributed by atoms with E-state index in [4.69, 9.17) is 0 Å². The smallest absolute Gasteiger partial charge is 0.108 e. The number of rotatable bonds is 3. The van der Waals surface area contributed by atoms with Gasteiger partial charge in [-0.3, -0.25) is 0 Å². The van der Waals surface area contributed by atoms with Crippen molar-refractivity contribution in [3.8, 4) is 0 Å². The van der Waals surface area contributed by atoms with Crippen LogP contribution in [-0.2, 0) is 7.05 Å². The van der Waals surface area contributed by atoms with E-state index >= 15 is 0 Å². The highest BCUT2D eigenvalue weighted by atomic mass is 16.3. The van der Waals surface area contributed by atoms with Gasteiger partial charge in [-0.15, -0.1) is 0 Å². The first-order valence-electron chi connectivity index (χ1n) is 3.54. The summed E-state index contributed by atoms with van der Waals surface area (Å²) >= 11 is 0. The molecule has 0 bridgehead atoms. The Labute approximate surface area is 65.9 Å². The van der Waals surface area contributed by atoms with Crippen LogP contribution in [0.25, 0.3) is 0 Å². The average Bonchev–Trinajstić information content (AvgIpc) is 2.36. The lowest BCUT2D eigenvalue weighted by Crippen LogP contribution is -2.18. The predicted octanol–water partition coefficient (Wildman–Crippen LogP) is -0.327. The largest absolute Gasteiger partial charge is 0.385 e. The molecule has 4 nitrogen and oxygen atoms in total.